The Kier molecular flexibility index (Phi) is 9.28. The lowest BCUT2D eigenvalue weighted by Crippen LogP contribution is -2.42. The summed E-state index contributed by atoms with van der Waals surface area (Å²) in [5, 5.41) is 2.80. The Morgan fingerprint density at radius 1 is 1.22 bits per heavy atom. The molecule has 0 aromatic rings. The molecule has 0 bridgehead atoms. The Morgan fingerprint density at radius 2 is 1.89 bits per heavy atom. The summed E-state index contributed by atoms with van der Waals surface area (Å²) in [5.41, 5.74) is 0. The molecule has 1 amide bonds. The summed E-state index contributed by atoms with van der Waals surface area (Å²) >= 11 is 0. The van der Waals surface area contributed by atoms with Crippen LogP contribution in [-0.4, -0.2) is 49.1 Å². The van der Waals surface area contributed by atoms with Crippen molar-refractivity contribution in [2.75, 3.05) is 26.2 Å². The minimum atomic E-state index is -0.261. The van der Waals surface area contributed by atoms with Crippen molar-refractivity contribution in [3.05, 3.63) is 0 Å². The van der Waals surface area contributed by atoms with Gasteiger partial charge in [-0.05, 0) is 26.8 Å². The highest BCUT2D eigenvalue weighted by Gasteiger charge is 2.14. The van der Waals surface area contributed by atoms with Crippen molar-refractivity contribution in [2.45, 2.75) is 46.6 Å². The number of esters is 1. The minimum absolute atomic E-state index is 0.0618. The van der Waals surface area contributed by atoms with Gasteiger partial charge in [0, 0.05) is 6.04 Å². The summed E-state index contributed by atoms with van der Waals surface area (Å²) < 4.78 is 5.07. The largest absolute Gasteiger partial charge is 0.465 e. The summed E-state index contributed by atoms with van der Waals surface area (Å²) in [4.78, 5) is 24.8. The monoisotopic (exact) mass is 258 g/mol. The third kappa shape index (κ3) is 8.98. The van der Waals surface area contributed by atoms with Gasteiger partial charge in [0.1, 0.15) is 0 Å². The van der Waals surface area contributed by atoms with Crippen LogP contribution in [0.3, 0.4) is 0 Å². The molecule has 0 atom stereocenters. The molecule has 0 aromatic heterocycles. The second-order valence-electron chi connectivity index (χ2n) is 4.60. The molecule has 0 saturated carbocycles. The smallest absolute Gasteiger partial charge is 0.320 e. The zero-order chi connectivity index (χ0) is 14.0. The lowest BCUT2D eigenvalue weighted by atomic mass is 10.3. The number of carbonyl (C=O) groups excluding carboxylic acids is 2. The minimum Gasteiger partial charge on any atom is -0.465 e. The van der Waals surface area contributed by atoms with E-state index in [4.69, 9.17) is 4.74 Å². The molecule has 0 radical (unpaired) electrons. The molecular formula is C13H26N2O3. The molecule has 0 aromatic carbocycles. The molecular weight excluding hydrogens is 232 g/mol. The van der Waals surface area contributed by atoms with Crippen LogP contribution < -0.4 is 5.32 Å². The standard InChI is InChI=1S/C13H26N2O3/c1-5-7-8-18-13(17)10-15(6-2)9-12(16)14-11(3)4/h11H,5-10H2,1-4H3,(H,14,16). The average molecular weight is 258 g/mol. The first kappa shape index (κ1) is 16.9. The van der Waals surface area contributed by atoms with Crippen molar-refractivity contribution in [1.82, 2.24) is 10.2 Å². The van der Waals surface area contributed by atoms with Crippen molar-refractivity contribution < 1.29 is 14.3 Å². The van der Waals surface area contributed by atoms with Gasteiger partial charge in [-0.3, -0.25) is 14.5 Å². The SMILES string of the molecule is CCCCOC(=O)CN(CC)CC(=O)NC(C)C. The number of nitrogens with zero attached hydrogens (tertiary/aromatic N) is 1. The maximum atomic E-state index is 11.6. The quantitative estimate of drug-likeness (QED) is 0.498. The van der Waals surface area contributed by atoms with Crippen molar-refractivity contribution in [3.63, 3.8) is 0 Å². The van der Waals surface area contributed by atoms with Gasteiger partial charge in [0.25, 0.3) is 0 Å². The Morgan fingerprint density at radius 3 is 2.39 bits per heavy atom. The van der Waals surface area contributed by atoms with E-state index in [1.54, 1.807) is 4.90 Å². The predicted molar refractivity (Wildman–Crippen MR) is 71.3 cm³/mol. The lowest BCUT2D eigenvalue weighted by Gasteiger charge is -2.19. The number of hydrogen-bond acceptors (Lipinski definition) is 4. The second-order valence-corrected chi connectivity index (χ2v) is 4.60. The number of rotatable bonds is 9. The second kappa shape index (κ2) is 9.88. The van der Waals surface area contributed by atoms with Gasteiger partial charge in [-0.2, -0.15) is 0 Å². The van der Waals surface area contributed by atoms with Crippen LogP contribution in [0.1, 0.15) is 40.5 Å². The Labute approximate surface area is 110 Å². The molecule has 0 saturated heterocycles. The normalized spacial score (nSPS) is 10.8. The van der Waals surface area contributed by atoms with Gasteiger partial charge in [-0.1, -0.05) is 20.3 Å². The van der Waals surface area contributed by atoms with Crippen LogP contribution in [-0.2, 0) is 14.3 Å². The molecule has 1 N–H and O–H groups in total. The highest BCUT2D eigenvalue weighted by atomic mass is 16.5. The van der Waals surface area contributed by atoms with Crippen LogP contribution in [0.2, 0.25) is 0 Å². The highest BCUT2D eigenvalue weighted by molar-refractivity contribution is 5.79. The van der Waals surface area contributed by atoms with E-state index in [1.165, 1.54) is 0 Å². The molecule has 0 aliphatic rings. The third-order valence-corrected chi connectivity index (χ3v) is 2.38. The molecule has 0 aliphatic heterocycles. The third-order valence-electron chi connectivity index (χ3n) is 2.38. The fourth-order valence-corrected chi connectivity index (χ4v) is 1.41. The molecule has 0 heterocycles. The first-order valence-electron chi connectivity index (χ1n) is 6.66. The molecule has 0 fully saturated rings. The van der Waals surface area contributed by atoms with E-state index in [0.717, 1.165) is 12.8 Å². The van der Waals surface area contributed by atoms with Gasteiger partial charge in [0.05, 0.1) is 19.7 Å². The van der Waals surface area contributed by atoms with E-state index in [-0.39, 0.29) is 31.0 Å². The van der Waals surface area contributed by atoms with E-state index < -0.39 is 0 Å². The number of nitrogens with one attached hydrogen (secondary N) is 1. The van der Waals surface area contributed by atoms with E-state index in [9.17, 15) is 9.59 Å². The van der Waals surface area contributed by atoms with Crippen molar-refractivity contribution in [3.8, 4) is 0 Å². The molecule has 5 heteroatoms. The molecule has 0 aliphatic carbocycles. The zero-order valence-corrected chi connectivity index (χ0v) is 12.0. The van der Waals surface area contributed by atoms with Crippen LogP contribution in [0, 0.1) is 0 Å². The summed E-state index contributed by atoms with van der Waals surface area (Å²) in [6.45, 7) is 9.30. The molecule has 106 valence electrons. The predicted octanol–water partition coefficient (Wildman–Crippen LogP) is 1.18. The van der Waals surface area contributed by atoms with Crippen LogP contribution in [0.4, 0.5) is 0 Å². The number of amides is 1. The summed E-state index contributed by atoms with van der Waals surface area (Å²) in [6, 6.07) is 0.118. The summed E-state index contributed by atoms with van der Waals surface area (Å²) in [5.74, 6) is -0.323. The van der Waals surface area contributed by atoms with Crippen LogP contribution in [0.15, 0.2) is 0 Å². The van der Waals surface area contributed by atoms with Crippen molar-refractivity contribution >= 4 is 11.9 Å². The lowest BCUT2D eigenvalue weighted by molar-refractivity contribution is -0.145. The molecule has 0 unspecified atom stereocenters. The number of hydrogen-bond donors (Lipinski definition) is 1. The first-order valence-corrected chi connectivity index (χ1v) is 6.66. The number of ether oxygens (including phenoxy) is 1. The maximum absolute atomic E-state index is 11.6. The van der Waals surface area contributed by atoms with Crippen molar-refractivity contribution in [2.24, 2.45) is 0 Å². The van der Waals surface area contributed by atoms with Crippen molar-refractivity contribution in [1.29, 1.82) is 0 Å². The van der Waals surface area contributed by atoms with Gasteiger partial charge in [0.15, 0.2) is 0 Å². The first-order chi connectivity index (χ1) is 8.49. The molecule has 0 rings (SSSR count). The van der Waals surface area contributed by atoms with Gasteiger partial charge < -0.3 is 10.1 Å². The average Bonchev–Trinajstić information content (AvgIpc) is 2.27. The summed E-state index contributed by atoms with van der Waals surface area (Å²) in [7, 11) is 0. The number of likely N-dealkylation sites (N-methyl/N-ethyl adjacent to an activating group) is 1. The molecule has 18 heavy (non-hydrogen) atoms. The Hall–Kier alpha value is -1.10. The maximum Gasteiger partial charge on any atom is 0.320 e. The number of carbonyl (C=O) groups is 2. The Balaban J connectivity index is 3.95. The summed E-state index contributed by atoms with van der Waals surface area (Å²) in [6.07, 6.45) is 1.88. The number of unbranched alkanes of at least 4 members (excludes halogenated alkanes) is 1. The highest BCUT2D eigenvalue weighted by Crippen LogP contribution is 1.93. The van der Waals surface area contributed by atoms with Gasteiger partial charge >= 0.3 is 5.97 Å². The molecule has 5 nitrogen and oxygen atoms in total. The van der Waals surface area contributed by atoms with Crippen LogP contribution in [0.25, 0.3) is 0 Å². The van der Waals surface area contributed by atoms with Gasteiger partial charge in [-0.25, -0.2) is 0 Å². The van der Waals surface area contributed by atoms with E-state index in [0.29, 0.717) is 13.2 Å². The fraction of sp³-hybridized carbons (Fsp3) is 0.846. The van der Waals surface area contributed by atoms with Crippen LogP contribution in [0.5, 0.6) is 0 Å². The van der Waals surface area contributed by atoms with E-state index >= 15 is 0 Å². The Bertz CT molecular complexity index is 255. The van der Waals surface area contributed by atoms with E-state index in [2.05, 4.69) is 5.32 Å². The van der Waals surface area contributed by atoms with Gasteiger partial charge in [-0.15, -0.1) is 0 Å². The molecule has 0 spiro atoms. The van der Waals surface area contributed by atoms with Crippen LogP contribution >= 0.6 is 0 Å². The van der Waals surface area contributed by atoms with E-state index in [1.807, 2.05) is 27.7 Å². The zero-order valence-electron chi connectivity index (χ0n) is 12.0. The fourth-order valence-electron chi connectivity index (χ4n) is 1.41. The van der Waals surface area contributed by atoms with Gasteiger partial charge in [0.2, 0.25) is 5.91 Å². The topological polar surface area (TPSA) is 58.6 Å².